The first-order valence-corrected chi connectivity index (χ1v) is 9.98. The Kier molecular flexibility index (Phi) is 6.07. The minimum atomic E-state index is -0.364. The first kappa shape index (κ1) is 20.7. The monoisotopic (exact) mass is 451 g/mol. The lowest BCUT2D eigenvalue weighted by atomic mass is 10.1. The number of carbonyl (C=O) groups is 2. The molecule has 0 saturated carbocycles. The van der Waals surface area contributed by atoms with E-state index in [-0.39, 0.29) is 17.5 Å². The van der Waals surface area contributed by atoms with Crippen LogP contribution in [0.4, 0.5) is 5.69 Å². The topological polar surface area (TPSA) is 72.5 Å². The second-order valence-electron chi connectivity index (χ2n) is 6.53. The van der Waals surface area contributed by atoms with Gasteiger partial charge in [-0.2, -0.15) is 0 Å². The molecule has 0 radical (unpaired) electrons. The number of amides is 1. The number of ketones is 1. The normalized spacial score (nSPS) is 11.0. The van der Waals surface area contributed by atoms with Gasteiger partial charge in [-0.3, -0.25) is 9.59 Å². The molecule has 0 atom stereocenters. The number of halogens is 2. The van der Waals surface area contributed by atoms with E-state index in [1.807, 2.05) is 0 Å². The fraction of sp³-hybridized carbons (Fsp3) is 0. The van der Waals surface area contributed by atoms with Crippen molar-refractivity contribution in [3.8, 4) is 11.3 Å². The van der Waals surface area contributed by atoms with Gasteiger partial charge in [0.1, 0.15) is 11.5 Å². The van der Waals surface area contributed by atoms with Crippen molar-refractivity contribution in [2.75, 3.05) is 5.32 Å². The molecule has 0 aliphatic rings. The number of benzene rings is 2. The third kappa shape index (κ3) is 4.97. The van der Waals surface area contributed by atoms with Crippen molar-refractivity contribution in [1.29, 1.82) is 0 Å². The molecule has 2 aromatic carbocycles. The quantitative estimate of drug-likeness (QED) is 0.253. The van der Waals surface area contributed by atoms with E-state index < -0.39 is 0 Å². The molecule has 0 unspecified atom stereocenters. The average molecular weight is 452 g/mol. The van der Waals surface area contributed by atoms with Crippen molar-refractivity contribution < 1.29 is 18.4 Å². The molecule has 4 rings (SSSR count). The SMILES string of the molecule is O=C(/C=C/c1ccc(-c2cc(Cl)ccc2Cl)o1)c1ccc(NC(=O)c2ccco2)cc1. The van der Waals surface area contributed by atoms with E-state index in [1.54, 1.807) is 72.8 Å². The second kappa shape index (κ2) is 9.08. The highest BCUT2D eigenvalue weighted by molar-refractivity contribution is 6.35. The van der Waals surface area contributed by atoms with E-state index in [0.717, 1.165) is 0 Å². The second-order valence-corrected chi connectivity index (χ2v) is 7.38. The van der Waals surface area contributed by atoms with Gasteiger partial charge < -0.3 is 14.2 Å². The number of hydrogen-bond acceptors (Lipinski definition) is 4. The van der Waals surface area contributed by atoms with Gasteiger partial charge in [-0.15, -0.1) is 0 Å². The van der Waals surface area contributed by atoms with Gasteiger partial charge >= 0.3 is 0 Å². The molecule has 4 aromatic rings. The van der Waals surface area contributed by atoms with E-state index in [9.17, 15) is 9.59 Å². The van der Waals surface area contributed by atoms with Crippen LogP contribution < -0.4 is 5.32 Å². The van der Waals surface area contributed by atoms with Gasteiger partial charge in [-0.25, -0.2) is 0 Å². The zero-order valence-electron chi connectivity index (χ0n) is 16.0. The highest BCUT2D eigenvalue weighted by atomic mass is 35.5. The fourth-order valence-corrected chi connectivity index (χ4v) is 3.23. The number of furan rings is 2. The average Bonchev–Trinajstić information content (AvgIpc) is 3.47. The van der Waals surface area contributed by atoms with Crippen molar-refractivity contribution in [2.45, 2.75) is 0 Å². The molecule has 1 N–H and O–H groups in total. The zero-order chi connectivity index (χ0) is 21.8. The first-order chi connectivity index (χ1) is 15.0. The minimum Gasteiger partial charge on any atom is -0.459 e. The van der Waals surface area contributed by atoms with Crippen LogP contribution in [0.2, 0.25) is 10.0 Å². The Bertz CT molecular complexity index is 1260. The summed E-state index contributed by atoms with van der Waals surface area (Å²) < 4.78 is 10.8. The molecule has 0 aliphatic heterocycles. The van der Waals surface area contributed by atoms with Gasteiger partial charge in [0.05, 0.1) is 11.3 Å². The Hall–Kier alpha value is -3.54. The number of rotatable bonds is 6. The molecule has 2 aromatic heterocycles. The highest BCUT2D eigenvalue weighted by Gasteiger charge is 2.11. The van der Waals surface area contributed by atoms with Crippen LogP contribution in [-0.2, 0) is 0 Å². The Balaban J connectivity index is 1.42. The number of nitrogens with one attached hydrogen (secondary N) is 1. The molecule has 0 fully saturated rings. The van der Waals surface area contributed by atoms with Gasteiger partial charge in [0.25, 0.3) is 5.91 Å². The summed E-state index contributed by atoms with van der Waals surface area (Å²) >= 11 is 12.2. The summed E-state index contributed by atoms with van der Waals surface area (Å²) in [5.74, 6) is 0.693. The van der Waals surface area contributed by atoms with Crippen molar-refractivity contribution >= 4 is 46.7 Å². The van der Waals surface area contributed by atoms with Crippen LogP contribution in [0.25, 0.3) is 17.4 Å². The van der Waals surface area contributed by atoms with E-state index in [1.165, 1.54) is 12.3 Å². The third-order valence-electron chi connectivity index (χ3n) is 4.39. The Morgan fingerprint density at radius 3 is 2.48 bits per heavy atom. The first-order valence-electron chi connectivity index (χ1n) is 9.22. The molecule has 0 bridgehead atoms. The van der Waals surface area contributed by atoms with Crippen LogP contribution in [0.5, 0.6) is 0 Å². The maximum absolute atomic E-state index is 12.4. The summed E-state index contributed by atoms with van der Waals surface area (Å²) in [6, 6.07) is 18.4. The van der Waals surface area contributed by atoms with E-state index in [4.69, 9.17) is 32.0 Å². The third-order valence-corrected chi connectivity index (χ3v) is 4.96. The van der Waals surface area contributed by atoms with E-state index in [2.05, 4.69) is 5.32 Å². The number of allylic oxidation sites excluding steroid dienone is 1. The van der Waals surface area contributed by atoms with Gasteiger partial charge in [0, 0.05) is 21.8 Å². The van der Waals surface area contributed by atoms with Crippen molar-refractivity contribution in [1.82, 2.24) is 0 Å². The zero-order valence-corrected chi connectivity index (χ0v) is 17.5. The minimum absolute atomic E-state index is 0.206. The van der Waals surface area contributed by atoms with Crippen LogP contribution in [0.1, 0.15) is 26.7 Å². The van der Waals surface area contributed by atoms with Crippen LogP contribution in [0, 0.1) is 0 Å². The summed E-state index contributed by atoms with van der Waals surface area (Å²) in [6.45, 7) is 0. The van der Waals surface area contributed by atoms with Crippen molar-refractivity contribution in [2.24, 2.45) is 0 Å². The van der Waals surface area contributed by atoms with Crippen LogP contribution in [-0.4, -0.2) is 11.7 Å². The molecule has 31 heavy (non-hydrogen) atoms. The van der Waals surface area contributed by atoms with Gasteiger partial charge in [0.2, 0.25) is 0 Å². The Labute approximate surface area is 187 Å². The summed E-state index contributed by atoms with van der Waals surface area (Å²) in [5.41, 5.74) is 1.69. The summed E-state index contributed by atoms with van der Waals surface area (Å²) in [7, 11) is 0. The van der Waals surface area contributed by atoms with Gasteiger partial charge in [-0.1, -0.05) is 23.2 Å². The summed E-state index contributed by atoms with van der Waals surface area (Å²) in [5, 5.41) is 3.76. The smallest absolute Gasteiger partial charge is 0.291 e. The molecule has 154 valence electrons. The Morgan fingerprint density at radius 2 is 1.74 bits per heavy atom. The van der Waals surface area contributed by atoms with Gasteiger partial charge in [0.15, 0.2) is 11.5 Å². The number of anilines is 1. The van der Waals surface area contributed by atoms with Crippen LogP contribution in [0.15, 0.2) is 87.9 Å². The predicted octanol–water partition coefficient (Wildman–Crippen LogP) is 6.99. The van der Waals surface area contributed by atoms with Crippen LogP contribution >= 0.6 is 23.2 Å². The lowest BCUT2D eigenvalue weighted by Gasteiger charge is -2.03. The predicted molar refractivity (Wildman–Crippen MR) is 121 cm³/mol. The molecule has 2 heterocycles. The van der Waals surface area contributed by atoms with Crippen LogP contribution in [0.3, 0.4) is 0 Å². The van der Waals surface area contributed by atoms with E-state index in [0.29, 0.717) is 38.4 Å². The summed E-state index contributed by atoms with van der Waals surface area (Å²) in [4.78, 5) is 24.4. The molecule has 0 saturated heterocycles. The highest BCUT2D eigenvalue weighted by Crippen LogP contribution is 2.32. The molecular formula is C24H15Cl2NO4. The maximum atomic E-state index is 12.4. The van der Waals surface area contributed by atoms with Gasteiger partial charge in [-0.05, 0) is 78.9 Å². The molecule has 1 amide bonds. The number of hydrogen-bond donors (Lipinski definition) is 1. The summed E-state index contributed by atoms with van der Waals surface area (Å²) in [6.07, 6.45) is 4.42. The Morgan fingerprint density at radius 1 is 0.935 bits per heavy atom. The maximum Gasteiger partial charge on any atom is 0.291 e. The molecule has 5 nitrogen and oxygen atoms in total. The number of carbonyl (C=O) groups excluding carboxylic acids is 2. The lowest BCUT2D eigenvalue weighted by molar-refractivity contribution is 0.0996. The lowest BCUT2D eigenvalue weighted by Crippen LogP contribution is -2.10. The molecular weight excluding hydrogens is 437 g/mol. The fourth-order valence-electron chi connectivity index (χ4n) is 2.85. The van der Waals surface area contributed by atoms with E-state index >= 15 is 0 Å². The largest absolute Gasteiger partial charge is 0.459 e. The van der Waals surface area contributed by atoms with Crippen molar-refractivity contribution in [3.05, 3.63) is 106 Å². The molecule has 0 spiro atoms. The van der Waals surface area contributed by atoms with Crippen molar-refractivity contribution in [3.63, 3.8) is 0 Å². The molecule has 7 heteroatoms. The standard InChI is InChI=1S/C24H15Cl2NO4/c25-16-5-10-20(26)19(14-16)22-12-9-18(31-22)8-11-21(28)15-3-6-17(7-4-15)27-24(29)23-2-1-13-30-23/h1-14H,(H,27,29)/b11-8+. The molecule has 0 aliphatic carbocycles.